The average Bonchev–Trinajstić information content (AvgIpc) is 3.02. The Balaban J connectivity index is 1.17. The number of carbonyl (C=O) groups is 2. The lowest BCUT2D eigenvalue weighted by atomic mass is 9.76. The topological polar surface area (TPSA) is 109 Å². The standard InChI is InChI=1S/C32H38N2O6S2/c35-31-27-11-9-25(41(37,38)33-15-13-21-5-1-3-7-23(21)19-33)17-29(27)32(36)30-18-26(10-12-28(30)31)42(39,40)34-16-14-22-6-2-4-8-24(22)20-34/h9-12,17-18,21-24H,1-8,13-16,19-20H2. The zero-order valence-electron chi connectivity index (χ0n) is 23.8. The summed E-state index contributed by atoms with van der Waals surface area (Å²) in [5.41, 5.74) is 0.317. The van der Waals surface area contributed by atoms with Crippen molar-refractivity contribution in [3.05, 3.63) is 58.7 Å². The molecule has 0 spiro atoms. The fraction of sp³-hybridized carbons (Fsp3) is 0.562. The van der Waals surface area contributed by atoms with Crippen LogP contribution in [0.2, 0.25) is 0 Å². The highest BCUT2D eigenvalue weighted by Crippen LogP contribution is 2.40. The van der Waals surface area contributed by atoms with Crippen molar-refractivity contribution in [3.63, 3.8) is 0 Å². The maximum Gasteiger partial charge on any atom is 0.243 e. The minimum Gasteiger partial charge on any atom is -0.289 e. The number of hydrogen-bond acceptors (Lipinski definition) is 6. The number of ketones is 2. The Bertz CT molecular complexity index is 1550. The Morgan fingerprint density at radius 1 is 0.500 bits per heavy atom. The second kappa shape index (κ2) is 10.6. The molecule has 3 aliphatic carbocycles. The smallest absolute Gasteiger partial charge is 0.243 e. The van der Waals surface area contributed by atoms with Crippen molar-refractivity contribution < 1.29 is 26.4 Å². The van der Waals surface area contributed by atoms with Crippen LogP contribution in [0.1, 0.15) is 96.1 Å². The molecular weight excluding hydrogens is 572 g/mol. The molecule has 0 N–H and O–H groups in total. The zero-order valence-corrected chi connectivity index (χ0v) is 25.5. The normalized spacial score (nSPS) is 28.9. The number of fused-ring (bicyclic) bond motifs is 4. The van der Waals surface area contributed by atoms with Gasteiger partial charge < -0.3 is 0 Å². The van der Waals surface area contributed by atoms with Crippen LogP contribution in [0.25, 0.3) is 0 Å². The van der Waals surface area contributed by atoms with Gasteiger partial charge in [0, 0.05) is 48.4 Å². The molecule has 2 aliphatic heterocycles. The van der Waals surface area contributed by atoms with Gasteiger partial charge in [0.05, 0.1) is 9.79 Å². The van der Waals surface area contributed by atoms with Crippen LogP contribution in [0.3, 0.4) is 0 Å². The van der Waals surface area contributed by atoms with Crippen LogP contribution in [-0.2, 0) is 20.0 Å². The van der Waals surface area contributed by atoms with Gasteiger partial charge in [-0.1, -0.05) is 38.5 Å². The Morgan fingerprint density at radius 3 is 1.31 bits per heavy atom. The van der Waals surface area contributed by atoms with Gasteiger partial charge in [0.25, 0.3) is 0 Å². The van der Waals surface area contributed by atoms with Crippen LogP contribution < -0.4 is 0 Å². The lowest BCUT2D eigenvalue weighted by Crippen LogP contribution is -2.44. The molecule has 4 atom stereocenters. The third-order valence-corrected chi connectivity index (χ3v) is 14.5. The predicted molar refractivity (Wildman–Crippen MR) is 157 cm³/mol. The van der Waals surface area contributed by atoms with Gasteiger partial charge >= 0.3 is 0 Å². The summed E-state index contributed by atoms with van der Waals surface area (Å²) in [5, 5.41) is 0. The summed E-state index contributed by atoms with van der Waals surface area (Å²) in [6, 6.07) is 8.33. The van der Waals surface area contributed by atoms with E-state index in [1.54, 1.807) is 0 Å². The molecule has 2 saturated heterocycles. The summed E-state index contributed by atoms with van der Waals surface area (Å²) in [6.07, 6.45) is 10.7. The first-order chi connectivity index (χ1) is 20.1. The highest BCUT2D eigenvalue weighted by molar-refractivity contribution is 7.89. The maximum atomic E-state index is 13.8. The Hall–Kier alpha value is -2.40. The van der Waals surface area contributed by atoms with E-state index < -0.39 is 31.6 Å². The summed E-state index contributed by atoms with van der Waals surface area (Å²) in [5.74, 6) is 0.940. The summed E-state index contributed by atoms with van der Waals surface area (Å²) < 4.78 is 57.8. The van der Waals surface area contributed by atoms with E-state index >= 15 is 0 Å². The molecule has 2 aromatic carbocycles. The van der Waals surface area contributed by atoms with Crippen molar-refractivity contribution >= 4 is 31.6 Å². The largest absolute Gasteiger partial charge is 0.289 e. The molecule has 0 bridgehead atoms. The first-order valence-electron chi connectivity index (χ1n) is 15.5. The van der Waals surface area contributed by atoms with Gasteiger partial charge in [-0.05, 0) is 85.8 Å². The third-order valence-electron chi connectivity index (χ3n) is 10.7. The van der Waals surface area contributed by atoms with Crippen molar-refractivity contribution in [2.24, 2.45) is 23.7 Å². The molecule has 224 valence electrons. The van der Waals surface area contributed by atoms with E-state index in [9.17, 15) is 26.4 Å². The maximum absolute atomic E-state index is 13.8. The van der Waals surface area contributed by atoms with Gasteiger partial charge in [0.15, 0.2) is 11.6 Å². The van der Waals surface area contributed by atoms with Gasteiger partial charge in [-0.2, -0.15) is 8.61 Å². The third kappa shape index (κ3) is 4.69. The minimum atomic E-state index is -3.85. The van der Waals surface area contributed by atoms with Crippen LogP contribution in [-0.4, -0.2) is 63.2 Å². The molecule has 8 nitrogen and oxygen atoms in total. The van der Waals surface area contributed by atoms with Crippen molar-refractivity contribution in [1.82, 2.24) is 8.61 Å². The molecule has 42 heavy (non-hydrogen) atoms. The first-order valence-corrected chi connectivity index (χ1v) is 18.4. The minimum absolute atomic E-state index is 0.000705. The Kier molecular flexibility index (Phi) is 7.19. The SMILES string of the molecule is O=C1c2ccc(S(=O)(=O)N3CCC4CCCCC4C3)cc2C(=O)c2cc(S(=O)(=O)N3CCC4CCCCC4C3)ccc21. The number of rotatable bonds is 4. The number of hydrogen-bond donors (Lipinski definition) is 0. The highest BCUT2D eigenvalue weighted by Gasteiger charge is 2.40. The highest BCUT2D eigenvalue weighted by atomic mass is 32.2. The molecular formula is C32H38N2O6S2. The molecule has 0 amide bonds. The van der Waals surface area contributed by atoms with Crippen LogP contribution in [0.15, 0.2) is 46.2 Å². The van der Waals surface area contributed by atoms with Gasteiger partial charge in [0.1, 0.15) is 0 Å². The number of carbonyl (C=O) groups excluding carboxylic acids is 2. The number of sulfonamides is 2. The fourth-order valence-electron chi connectivity index (χ4n) is 8.30. The second-order valence-corrected chi connectivity index (χ2v) is 16.9. The first kappa shape index (κ1) is 28.4. The molecule has 2 aromatic rings. The predicted octanol–water partition coefficient (Wildman–Crippen LogP) is 4.86. The average molecular weight is 611 g/mol. The molecule has 10 heteroatoms. The van der Waals surface area contributed by atoms with Gasteiger partial charge in [-0.15, -0.1) is 0 Å². The van der Waals surface area contributed by atoms with E-state index in [1.807, 2.05) is 0 Å². The van der Waals surface area contributed by atoms with E-state index in [0.717, 1.165) is 51.4 Å². The number of nitrogens with zero attached hydrogens (tertiary/aromatic N) is 2. The summed E-state index contributed by atoms with van der Waals surface area (Å²) >= 11 is 0. The van der Waals surface area contributed by atoms with Crippen LogP contribution >= 0.6 is 0 Å². The van der Waals surface area contributed by atoms with E-state index in [4.69, 9.17) is 0 Å². The van der Waals surface area contributed by atoms with Crippen LogP contribution in [0.5, 0.6) is 0 Å². The lowest BCUT2D eigenvalue weighted by molar-refractivity contribution is 0.0978. The second-order valence-electron chi connectivity index (χ2n) is 13.0. The van der Waals surface area contributed by atoms with Crippen molar-refractivity contribution in [3.8, 4) is 0 Å². The lowest BCUT2D eigenvalue weighted by Gasteiger charge is -2.40. The van der Waals surface area contributed by atoms with E-state index in [1.165, 1.54) is 57.9 Å². The zero-order chi connectivity index (χ0) is 29.2. The van der Waals surface area contributed by atoms with Crippen LogP contribution in [0, 0.1) is 23.7 Å². The molecule has 4 fully saturated rings. The quantitative estimate of drug-likeness (QED) is 0.417. The van der Waals surface area contributed by atoms with Crippen molar-refractivity contribution in [2.45, 2.75) is 74.0 Å². The molecule has 7 rings (SSSR count). The van der Waals surface area contributed by atoms with E-state index in [-0.39, 0.29) is 32.0 Å². The molecule has 4 unspecified atom stereocenters. The monoisotopic (exact) mass is 610 g/mol. The van der Waals surface area contributed by atoms with Gasteiger partial charge in [-0.25, -0.2) is 16.8 Å². The van der Waals surface area contributed by atoms with E-state index in [0.29, 0.717) is 49.9 Å². The number of piperidine rings is 2. The summed E-state index contributed by atoms with van der Waals surface area (Å²) in [6.45, 7) is 1.88. The van der Waals surface area contributed by atoms with Gasteiger partial charge in [0.2, 0.25) is 20.0 Å². The molecule has 2 saturated carbocycles. The Labute approximate surface area is 248 Å². The summed E-state index contributed by atoms with van der Waals surface area (Å²) in [7, 11) is -7.71. The molecule has 2 heterocycles. The molecule has 0 aromatic heterocycles. The fourth-order valence-corrected chi connectivity index (χ4v) is 11.4. The summed E-state index contributed by atoms with van der Waals surface area (Å²) in [4.78, 5) is 27.2. The molecule has 0 radical (unpaired) electrons. The van der Waals surface area contributed by atoms with E-state index in [2.05, 4.69) is 0 Å². The van der Waals surface area contributed by atoms with Gasteiger partial charge in [-0.3, -0.25) is 9.59 Å². The van der Waals surface area contributed by atoms with Crippen LogP contribution in [0.4, 0.5) is 0 Å². The van der Waals surface area contributed by atoms with Crippen molar-refractivity contribution in [2.75, 3.05) is 26.2 Å². The molecule has 5 aliphatic rings. The number of benzene rings is 2. The van der Waals surface area contributed by atoms with Crippen molar-refractivity contribution in [1.29, 1.82) is 0 Å². The Morgan fingerprint density at radius 2 is 0.881 bits per heavy atom.